The third kappa shape index (κ3) is 2.80. The van der Waals surface area contributed by atoms with Gasteiger partial charge in [0, 0.05) is 6.42 Å². The predicted octanol–water partition coefficient (Wildman–Crippen LogP) is 2.48. The molecule has 2 rings (SSSR count). The molecular formula is C14H14N4O. The molecule has 1 aromatic carbocycles. The van der Waals surface area contributed by atoms with Gasteiger partial charge in [0.25, 0.3) is 0 Å². The van der Waals surface area contributed by atoms with Crippen LogP contribution in [0.2, 0.25) is 0 Å². The molecule has 0 aliphatic rings. The summed E-state index contributed by atoms with van der Waals surface area (Å²) >= 11 is 0. The van der Waals surface area contributed by atoms with Crippen molar-refractivity contribution in [3.63, 3.8) is 0 Å². The quantitative estimate of drug-likeness (QED) is 0.911. The van der Waals surface area contributed by atoms with Gasteiger partial charge in [-0.1, -0.05) is 25.1 Å². The van der Waals surface area contributed by atoms with Gasteiger partial charge in [-0.25, -0.2) is 4.68 Å². The van der Waals surface area contributed by atoms with E-state index < -0.39 is 0 Å². The molecule has 0 aliphatic heterocycles. The lowest BCUT2D eigenvalue weighted by Crippen LogP contribution is -2.15. The molecule has 5 nitrogen and oxygen atoms in total. The van der Waals surface area contributed by atoms with Crippen LogP contribution in [0.5, 0.6) is 0 Å². The highest BCUT2D eigenvalue weighted by molar-refractivity contribution is 5.91. The zero-order valence-corrected chi connectivity index (χ0v) is 10.6. The SMILES string of the molecule is CCCC(=O)Nc1c(C#N)cnn1-c1ccccc1. The van der Waals surface area contributed by atoms with Crippen LogP contribution in [0.1, 0.15) is 25.3 Å². The van der Waals surface area contributed by atoms with E-state index in [0.29, 0.717) is 17.8 Å². The Bertz CT molecular complexity index is 610. The highest BCUT2D eigenvalue weighted by Crippen LogP contribution is 2.19. The van der Waals surface area contributed by atoms with Crippen molar-refractivity contribution in [2.24, 2.45) is 0 Å². The van der Waals surface area contributed by atoms with Crippen LogP contribution < -0.4 is 5.32 Å². The summed E-state index contributed by atoms with van der Waals surface area (Å²) in [6, 6.07) is 11.4. The second-order valence-electron chi connectivity index (χ2n) is 4.06. The highest BCUT2D eigenvalue weighted by Gasteiger charge is 2.14. The number of nitrogens with zero attached hydrogens (tertiary/aromatic N) is 3. The van der Waals surface area contributed by atoms with Gasteiger partial charge in [0.15, 0.2) is 5.82 Å². The topological polar surface area (TPSA) is 70.7 Å². The molecule has 0 aliphatic carbocycles. The van der Waals surface area contributed by atoms with Gasteiger partial charge in [0.05, 0.1) is 11.9 Å². The van der Waals surface area contributed by atoms with E-state index in [9.17, 15) is 4.79 Å². The molecule has 5 heteroatoms. The Morgan fingerprint density at radius 2 is 2.16 bits per heavy atom. The van der Waals surface area contributed by atoms with Crippen molar-refractivity contribution in [2.45, 2.75) is 19.8 Å². The third-order valence-corrected chi connectivity index (χ3v) is 2.63. The molecule has 1 aromatic heterocycles. The van der Waals surface area contributed by atoms with E-state index in [2.05, 4.69) is 10.4 Å². The van der Waals surface area contributed by atoms with Gasteiger partial charge in [0.1, 0.15) is 11.6 Å². The number of nitrogens with one attached hydrogen (secondary N) is 1. The van der Waals surface area contributed by atoms with Gasteiger partial charge in [-0.2, -0.15) is 10.4 Å². The van der Waals surface area contributed by atoms with Crippen molar-refractivity contribution in [1.29, 1.82) is 5.26 Å². The van der Waals surface area contributed by atoms with Crippen molar-refractivity contribution in [3.8, 4) is 11.8 Å². The number of aromatic nitrogens is 2. The van der Waals surface area contributed by atoms with Crippen LogP contribution in [0, 0.1) is 11.3 Å². The van der Waals surface area contributed by atoms with Crippen molar-refractivity contribution in [3.05, 3.63) is 42.1 Å². The maximum absolute atomic E-state index is 11.7. The zero-order valence-electron chi connectivity index (χ0n) is 10.6. The summed E-state index contributed by atoms with van der Waals surface area (Å²) in [7, 11) is 0. The average molecular weight is 254 g/mol. The lowest BCUT2D eigenvalue weighted by Gasteiger charge is -2.09. The lowest BCUT2D eigenvalue weighted by molar-refractivity contribution is -0.116. The monoisotopic (exact) mass is 254 g/mol. The van der Waals surface area contributed by atoms with Crippen molar-refractivity contribution < 1.29 is 4.79 Å². The van der Waals surface area contributed by atoms with Crippen LogP contribution in [0.25, 0.3) is 5.69 Å². The lowest BCUT2D eigenvalue weighted by atomic mass is 10.3. The number of carbonyl (C=O) groups is 1. The Hall–Kier alpha value is -2.61. The Kier molecular flexibility index (Phi) is 3.94. The Morgan fingerprint density at radius 3 is 2.79 bits per heavy atom. The predicted molar refractivity (Wildman–Crippen MR) is 71.8 cm³/mol. The zero-order chi connectivity index (χ0) is 13.7. The molecule has 0 fully saturated rings. The number of rotatable bonds is 4. The van der Waals surface area contributed by atoms with Crippen LogP contribution in [0.15, 0.2) is 36.5 Å². The molecule has 1 N–H and O–H groups in total. The Balaban J connectivity index is 2.38. The maximum atomic E-state index is 11.7. The summed E-state index contributed by atoms with van der Waals surface area (Å²) in [6.07, 6.45) is 2.63. The molecule has 1 amide bonds. The van der Waals surface area contributed by atoms with E-state index in [1.54, 1.807) is 4.68 Å². The van der Waals surface area contributed by atoms with Crippen LogP contribution in [-0.2, 0) is 4.79 Å². The Labute approximate surface area is 111 Å². The first-order chi connectivity index (χ1) is 9.26. The van der Waals surface area contributed by atoms with Crippen molar-refractivity contribution in [2.75, 3.05) is 5.32 Å². The fourth-order valence-corrected chi connectivity index (χ4v) is 1.74. The Morgan fingerprint density at radius 1 is 1.42 bits per heavy atom. The van der Waals surface area contributed by atoms with E-state index in [4.69, 9.17) is 5.26 Å². The van der Waals surface area contributed by atoms with E-state index in [0.717, 1.165) is 12.1 Å². The summed E-state index contributed by atoms with van der Waals surface area (Å²) in [5, 5.41) is 16.0. The minimum absolute atomic E-state index is 0.114. The number of carbonyl (C=O) groups excluding carboxylic acids is 1. The first kappa shape index (κ1) is 12.8. The van der Waals surface area contributed by atoms with E-state index in [-0.39, 0.29) is 5.91 Å². The summed E-state index contributed by atoms with van der Waals surface area (Å²) in [5.74, 6) is 0.309. The normalized spacial score (nSPS) is 9.89. The summed E-state index contributed by atoms with van der Waals surface area (Å²) in [6.45, 7) is 1.93. The minimum atomic E-state index is -0.114. The minimum Gasteiger partial charge on any atom is -0.309 e. The van der Waals surface area contributed by atoms with Crippen LogP contribution in [-0.4, -0.2) is 15.7 Å². The van der Waals surface area contributed by atoms with Gasteiger partial charge >= 0.3 is 0 Å². The maximum Gasteiger partial charge on any atom is 0.225 e. The number of hydrogen-bond donors (Lipinski definition) is 1. The molecule has 0 unspecified atom stereocenters. The van der Waals surface area contributed by atoms with Crippen LogP contribution in [0.3, 0.4) is 0 Å². The largest absolute Gasteiger partial charge is 0.309 e. The number of anilines is 1. The van der Waals surface area contributed by atoms with Crippen molar-refractivity contribution in [1.82, 2.24) is 9.78 Å². The molecule has 2 aromatic rings. The number of para-hydroxylation sites is 1. The second-order valence-corrected chi connectivity index (χ2v) is 4.06. The molecule has 96 valence electrons. The van der Waals surface area contributed by atoms with Crippen molar-refractivity contribution >= 4 is 11.7 Å². The molecule has 0 saturated carbocycles. The molecule has 0 saturated heterocycles. The number of amides is 1. The van der Waals surface area contributed by atoms with E-state index >= 15 is 0 Å². The number of hydrogen-bond acceptors (Lipinski definition) is 3. The smallest absolute Gasteiger partial charge is 0.225 e. The molecule has 0 atom stereocenters. The van der Waals surface area contributed by atoms with E-state index in [1.165, 1.54) is 6.20 Å². The molecule has 1 heterocycles. The second kappa shape index (κ2) is 5.83. The standard InChI is InChI=1S/C14H14N4O/c1-2-6-13(19)17-14-11(9-15)10-16-18(14)12-7-4-3-5-8-12/h3-5,7-8,10H,2,6H2,1H3,(H,17,19). The fourth-order valence-electron chi connectivity index (χ4n) is 1.74. The van der Waals surface area contributed by atoms with Gasteiger partial charge in [-0.05, 0) is 18.6 Å². The summed E-state index contributed by atoms with van der Waals surface area (Å²) < 4.78 is 1.56. The molecule has 0 radical (unpaired) electrons. The van der Waals surface area contributed by atoms with Gasteiger partial charge in [-0.15, -0.1) is 0 Å². The van der Waals surface area contributed by atoms with Gasteiger partial charge in [-0.3, -0.25) is 4.79 Å². The summed E-state index contributed by atoms with van der Waals surface area (Å²) in [5.41, 5.74) is 1.16. The van der Waals surface area contributed by atoms with Gasteiger partial charge < -0.3 is 5.32 Å². The molecular weight excluding hydrogens is 240 g/mol. The third-order valence-electron chi connectivity index (χ3n) is 2.63. The van der Waals surface area contributed by atoms with Gasteiger partial charge in [0.2, 0.25) is 5.91 Å². The van der Waals surface area contributed by atoms with E-state index in [1.807, 2.05) is 43.3 Å². The fraction of sp³-hybridized carbons (Fsp3) is 0.214. The van der Waals surface area contributed by atoms with Crippen LogP contribution >= 0.6 is 0 Å². The first-order valence-electron chi connectivity index (χ1n) is 6.09. The molecule has 0 spiro atoms. The summed E-state index contributed by atoms with van der Waals surface area (Å²) in [4.78, 5) is 11.7. The average Bonchev–Trinajstić information content (AvgIpc) is 2.82. The van der Waals surface area contributed by atoms with Crippen LogP contribution in [0.4, 0.5) is 5.82 Å². The number of benzene rings is 1. The molecule has 0 bridgehead atoms. The highest BCUT2D eigenvalue weighted by atomic mass is 16.1. The first-order valence-corrected chi connectivity index (χ1v) is 6.09. The number of nitriles is 1. The molecule has 19 heavy (non-hydrogen) atoms.